The SMILES string of the molecule is COCCNCCOc1cnc2ccccc2c1. The van der Waals surface area contributed by atoms with Crippen molar-refractivity contribution in [3.63, 3.8) is 0 Å². The predicted molar refractivity (Wildman–Crippen MR) is 72.0 cm³/mol. The molecule has 2 aromatic rings. The zero-order valence-electron chi connectivity index (χ0n) is 10.6. The summed E-state index contributed by atoms with van der Waals surface area (Å²) < 4.78 is 10.6. The van der Waals surface area contributed by atoms with E-state index < -0.39 is 0 Å². The van der Waals surface area contributed by atoms with E-state index in [4.69, 9.17) is 9.47 Å². The molecule has 1 aromatic carbocycles. The highest BCUT2D eigenvalue weighted by Crippen LogP contribution is 2.17. The molecule has 18 heavy (non-hydrogen) atoms. The van der Waals surface area contributed by atoms with Crippen LogP contribution in [0.3, 0.4) is 0 Å². The van der Waals surface area contributed by atoms with Crippen LogP contribution in [0.1, 0.15) is 0 Å². The van der Waals surface area contributed by atoms with E-state index >= 15 is 0 Å². The van der Waals surface area contributed by atoms with Gasteiger partial charge < -0.3 is 14.8 Å². The first-order valence-corrected chi connectivity index (χ1v) is 6.07. The van der Waals surface area contributed by atoms with Gasteiger partial charge in [-0.1, -0.05) is 18.2 Å². The molecule has 0 aliphatic rings. The second-order valence-electron chi connectivity index (χ2n) is 3.95. The Morgan fingerprint density at radius 2 is 2.00 bits per heavy atom. The van der Waals surface area contributed by atoms with E-state index in [1.807, 2.05) is 30.3 Å². The van der Waals surface area contributed by atoms with Crippen LogP contribution >= 0.6 is 0 Å². The Kier molecular flexibility index (Phi) is 4.93. The Labute approximate surface area is 107 Å². The molecule has 1 aromatic heterocycles. The van der Waals surface area contributed by atoms with Crippen LogP contribution in [0.25, 0.3) is 10.9 Å². The van der Waals surface area contributed by atoms with Gasteiger partial charge in [0.15, 0.2) is 0 Å². The molecule has 0 amide bonds. The molecule has 0 saturated carbocycles. The normalized spacial score (nSPS) is 10.7. The maximum atomic E-state index is 5.63. The fourth-order valence-electron chi connectivity index (χ4n) is 1.67. The molecule has 0 spiro atoms. The minimum Gasteiger partial charge on any atom is -0.491 e. The van der Waals surface area contributed by atoms with E-state index in [1.54, 1.807) is 13.3 Å². The zero-order chi connectivity index (χ0) is 12.6. The van der Waals surface area contributed by atoms with E-state index in [1.165, 1.54) is 0 Å². The lowest BCUT2D eigenvalue weighted by Gasteiger charge is -2.07. The Hall–Kier alpha value is -1.65. The van der Waals surface area contributed by atoms with Crippen LogP contribution in [0.2, 0.25) is 0 Å². The molecule has 0 fully saturated rings. The highest BCUT2D eigenvalue weighted by atomic mass is 16.5. The lowest BCUT2D eigenvalue weighted by atomic mass is 10.2. The average molecular weight is 246 g/mol. The number of nitrogens with one attached hydrogen (secondary N) is 1. The fraction of sp³-hybridized carbons (Fsp3) is 0.357. The highest BCUT2D eigenvalue weighted by molar-refractivity contribution is 5.79. The van der Waals surface area contributed by atoms with Gasteiger partial charge in [-0.25, -0.2) is 0 Å². The number of nitrogens with zero attached hydrogens (tertiary/aromatic N) is 1. The molecule has 1 heterocycles. The van der Waals surface area contributed by atoms with Crippen LogP contribution in [0, 0.1) is 0 Å². The van der Waals surface area contributed by atoms with Gasteiger partial charge in [-0.05, 0) is 12.1 Å². The minimum absolute atomic E-state index is 0.629. The number of ether oxygens (including phenoxy) is 2. The molecule has 0 saturated heterocycles. The molecular formula is C14H18N2O2. The number of benzene rings is 1. The van der Waals surface area contributed by atoms with Crippen molar-refractivity contribution in [3.05, 3.63) is 36.5 Å². The monoisotopic (exact) mass is 246 g/mol. The first-order chi connectivity index (χ1) is 8.90. The van der Waals surface area contributed by atoms with Gasteiger partial charge in [-0.3, -0.25) is 4.98 Å². The molecule has 2 rings (SSSR count). The van der Waals surface area contributed by atoms with E-state index in [0.29, 0.717) is 6.61 Å². The second kappa shape index (κ2) is 6.93. The predicted octanol–water partition coefficient (Wildman–Crippen LogP) is 1.85. The number of hydrogen-bond acceptors (Lipinski definition) is 4. The van der Waals surface area contributed by atoms with Gasteiger partial charge in [-0.15, -0.1) is 0 Å². The second-order valence-corrected chi connectivity index (χ2v) is 3.95. The van der Waals surface area contributed by atoms with Crippen molar-refractivity contribution in [1.29, 1.82) is 0 Å². The summed E-state index contributed by atoms with van der Waals surface area (Å²) in [5.41, 5.74) is 0.989. The van der Waals surface area contributed by atoms with Gasteiger partial charge in [0.2, 0.25) is 0 Å². The summed E-state index contributed by atoms with van der Waals surface area (Å²) >= 11 is 0. The first-order valence-electron chi connectivity index (χ1n) is 6.07. The van der Waals surface area contributed by atoms with Crippen LogP contribution in [0.15, 0.2) is 36.5 Å². The van der Waals surface area contributed by atoms with Crippen molar-refractivity contribution < 1.29 is 9.47 Å². The van der Waals surface area contributed by atoms with Crippen molar-refractivity contribution in [3.8, 4) is 5.75 Å². The highest BCUT2D eigenvalue weighted by Gasteiger charge is 1.97. The van der Waals surface area contributed by atoms with Gasteiger partial charge >= 0.3 is 0 Å². The smallest absolute Gasteiger partial charge is 0.138 e. The Balaban J connectivity index is 1.81. The van der Waals surface area contributed by atoms with Gasteiger partial charge in [0.05, 0.1) is 18.3 Å². The van der Waals surface area contributed by atoms with Gasteiger partial charge in [0, 0.05) is 25.6 Å². The van der Waals surface area contributed by atoms with Crippen molar-refractivity contribution in [1.82, 2.24) is 10.3 Å². The topological polar surface area (TPSA) is 43.4 Å². The molecule has 96 valence electrons. The van der Waals surface area contributed by atoms with E-state index in [-0.39, 0.29) is 0 Å². The lowest BCUT2D eigenvalue weighted by Crippen LogP contribution is -2.24. The number of methoxy groups -OCH3 is 1. The molecule has 0 radical (unpaired) electrons. The quantitative estimate of drug-likeness (QED) is 0.757. The third-order valence-electron chi connectivity index (χ3n) is 2.60. The van der Waals surface area contributed by atoms with Crippen LogP contribution < -0.4 is 10.1 Å². The van der Waals surface area contributed by atoms with Crippen LogP contribution in [0.5, 0.6) is 5.75 Å². The fourth-order valence-corrected chi connectivity index (χ4v) is 1.67. The maximum Gasteiger partial charge on any atom is 0.138 e. The summed E-state index contributed by atoms with van der Waals surface area (Å²) in [6.07, 6.45) is 1.76. The van der Waals surface area contributed by atoms with Crippen molar-refractivity contribution in [2.75, 3.05) is 33.4 Å². The molecule has 0 bridgehead atoms. The molecule has 0 aliphatic carbocycles. The Morgan fingerprint density at radius 3 is 2.89 bits per heavy atom. The number of pyridine rings is 1. The Bertz CT molecular complexity index is 488. The van der Waals surface area contributed by atoms with Gasteiger partial charge in [0.1, 0.15) is 12.4 Å². The average Bonchev–Trinajstić information content (AvgIpc) is 2.42. The third kappa shape index (κ3) is 3.68. The van der Waals surface area contributed by atoms with Crippen molar-refractivity contribution in [2.24, 2.45) is 0 Å². The maximum absolute atomic E-state index is 5.63. The molecular weight excluding hydrogens is 228 g/mol. The van der Waals surface area contributed by atoms with E-state index in [0.717, 1.165) is 36.3 Å². The summed E-state index contributed by atoms with van der Waals surface area (Å²) in [5.74, 6) is 0.808. The number of hydrogen-bond donors (Lipinski definition) is 1. The largest absolute Gasteiger partial charge is 0.491 e. The summed E-state index contributed by atoms with van der Waals surface area (Å²) in [6.45, 7) is 2.99. The molecule has 0 atom stereocenters. The summed E-state index contributed by atoms with van der Waals surface area (Å²) in [5, 5.41) is 4.32. The molecule has 4 nitrogen and oxygen atoms in total. The van der Waals surface area contributed by atoms with Crippen LogP contribution in [-0.4, -0.2) is 38.4 Å². The third-order valence-corrected chi connectivity index (χ3v) is 2.60. The van der Waals surface area contributed by atoms with Gasteiger partial charge in [-0.2, -0.15) is 0 Å². The Morgan fingerprint density at radius 1 is 1.17 bits per heavy atom. The molecule has 4 heteroatoms. The number of para-hydroxylation sites is 1. The van der Waals surface area contributed by atoms with Crippen LogP contribution in [-0.2, 0) is 4.74 Å². The van der Waals surface area contributed by atoms with E-state index in [9.17, 15) is 0 Å². The number of rotatable bonds is 7. The molecule has 0 aliphatic heterocycles. The van der Waals surface area contributed by atoms with Gasteiger partial charge in [0.25, 0.3) is 0 Å². The van der Waals surface area contributed by atoms with Crippen molar-refractivity contribution >= 4 is 10.9 Å². The van der Waals surface area contributed by atoms with Crippen molar-refractivity contribution in [2.45, 2.75) is 0 Å². The number of aromatic nitrogens is 1. The zero-order valence-corrected chi connectivity index (χ0v) is 10.6. The summed E-state index contributed by atoms with van der Waals surface area (Å²) in [7, 11) is 1.69. The molecule has 0 unspecified atom stereocenters. The molecule has 1 N–H and O–H groups in total. The standard InChI is InChI=1S/C14H18N2O2/c1-17-8-6-15-7-9-18-13-10-12-4-2-3-5-14(12)16-11-13/h2-5,10-11,15H,6-9H2,1H3. The van der Waals surface area contributed by atoms with E-state index in [2.05, 4.69) is 10.3 Å². The van der Waals surface area contributed by atoms with Crippen LogP contribution in [0.4, 0.5) is 0 Å². The minimum atomic E-state index is 0.629. The number of fused-ring (bicyclic) bond motifs is 1. The lowest BCUT2D eigenvalue weighted by molar-refractivity contribution is 0.196. The summed E-state index contributed by atoms with van der Waals surface area (Å²) in [6, 6.07) is 10.0. The first kappa shape index (κ1) is 12.8. The summed E-state index contributed by atoms with van der Waals surface area (Å²) in [4.78, 5) is 4.34.